The Morgan fingerprint density at radius 2 is 2.00 bits per heavy atom. The van der Waals surface area contributed by atoms with Gasteiger partial charge in [-0.25, -0.2) is 0 Å². The van der Waals surface area contributed by atoms with Crippen molar-refractivity contribution >= 4 is 17.5 Å². The maximum atomic E-state index is 12.3. The van der Waals surface area contributed by atoms with Crippen LogP contribution in [0.2, 0.25) is 5.02 Å². The number of nitrogens with one attached hydrogen (secondary N) is 1. The average Bonchev–Trinajstić information content (AvgIpc) is 2.64. The maximum Gasteiger partial charge on any atom is 0.234 e. The first-order chi connectivity index (χ1) is 12.0. The number of benzene rings is 2. The number of carbonyl (C=O) groups is 1. The molecule has 0 heterocycles. The van der Waals surface area contributed by atoms with Gasteiger partial charge in [-0.05, 0) is 48.9 Å². The Morgan fingerprint density at radius 3 is 2.68 bits per heavy atom. The second kappa shape index (κ2) is 9.44. The van der Waals surface area contributed by atoms with Crippen molar-refractivity contribution in [3.8, 4) is 5.75 Å². The van der Waals surface area contributed by atoms with Crippen molar-refractivity contribution in [3.63, 3.8) is 0 Å². The standard InChI is InChI=1S/C20H25ClN2O2/c1-4-23(15(2)17-8-6-10-19(12-17)25-3)14-20(24)22-13-16-7-5-9-18(21)11-16/h5-12,15H,4,13-14H2,1-3H3,(H,22,24). The van der Waals surface area contributed by atoms with Crippen LogP contribution < -0.4 is 10.1 Å². The monoisotopic (exact) mass is 360 g/mol. The molecule has 0 aliphatic carbocycles. The van der Waals surface area contributed by atoms with Crippen molar-refractivity contribution in [2.24, 2.45) is 0 Å². The van der Waals surface area contributed by atoms with Gasteiger partial charge in [0.05, 0.1) is 13.7 Å². The zero-order valence-corrected chi connectivity index (χ0v) is 15.7. The van der Waals surface area contributed by atoms with E-state index in [1.54, 1.807) is 7.11 Å². The van der Waals surface area contributed by atoms with Crippen LogP contribution >= 0.6 is 11.6 Å². The Labute approximate surface area is 154 Å². The SMILES string of the molecule is CCN(CC(=O)NCc1cccc(Cl)c1)C(C)c1cccc(OC)c1. The van der Waals surface area contributed by atoms with E-state index in [-0.39, 0.29) is 11.9 Å². The summed E-state index contributed by atoms with van der Waals surface area (Å²) in [6, 6.07) is 15.6. The van der Waals surface area contributed by atoms with E-state index in [0.717, 1.165) is 23.4 Å². The average molecular weight is 361 g/mol. The van der Waals surface area contributed by atoms with Gasteiger partial charge in [-0.3, -0.25) is 9.69 Å². The van der Waals surface area contributed by atoms with Crippen molar-refractivity contribution in [2.45, 2.75) is 26.4 Å². The van der Waals surface area contributed by atoms with Gasteiger partial charge >= 0.3 is 0 Å². The van der Waals surface area contributed by atoms with Crippen LogP contribution in [0.4, 0.5) is 0 Å². The van der Waals surface area contributed by atoms with Crippen LogP contribution in [0.3, 0.4) is 0 Å². The van der Waals surface area contributed by atoms with E-state index in [1.165, 1.54) is 0 Å². The predicted molar refractivity (Wildman–Crippen MR) is 102 cm³/mol. The summed E-state index contributed by atoms with van der Waals surface area (Å²) in [4.78, 5) is 14.4. The van der Waals surface area contributed by atoms with Crippen molar-refractivity contribution < 1.29 is 9.53 Å². The molecule has 0 spiro atoms. The molecule has 4 nitrogen and oxygen atoms in total. The number of nitrogens with zero attached hydrogens (tertiary/aromatic N) is 1. The third kappa shape index (κ3) is 5.76. The smallest absolute Gasteiger partial charge is 0.234 e. The van der Waals surface area contributed by atoms with Crippen molar-refractivity contribution in [3.05, 3.63) is 64.7 Å². The summed E-state index contributed by atoms with van der Waals surface area (Å²) in [7, 11) is 1.66. The van der Waals surface area contributed by atoms with E-state index >= 15 is 0 Å². The van der Waals surface area contributed by atoms with Gasteiger partial charge in [0.15, 0.2) is 0 Å². The van der Waals surface area contributed by atoms with Crippen LogP contribution in [0, 0.1) is 0 Å². The van der Waals surface area contributed by atoms with E-state index in [4.69, 9.17) is 16.3 Å². The molecule has 134 valence electrons. The molecule has 1 amide bonds. The number of ether oxygens (including phenoxy) is 1. The largest absolute Gasteiger partial charge is 0.497 e. The molecule has 2 aromatic carbocycles. The van der Waals surface area contributed by atoms with Crippen LogP contribution in [-0.2, 0) is 11.3 Å². The first-order valence-corrected chi connectivity index (χ1v) is 8.80. The van der Waals surface area contributed by atoms with Gasteiger partial charge in [0, 0.05) is 17.6 Å². The van der Waals surface area contributed by atoms with E-state index in [2.05, 4.69) is 30.1 Å². The maximum absolute atomic E-state index is 12.3. The molecule has 0 fully saturated rings. The number of rotatable bonds is 8. The van der Waals surface area contributed by atoms with Crippen LogP contribution in [-0.4, -0.2) is 31.0 Å². The van der Waals surface area contributed by atoms with E-state index in [0.29, 0.717) is 18.1 Å². The molecule has 0 aromatic heterocycles. The summed E-state index contributed by atoms with van der Waals surface area (Å²) in [5, 5.41) is 3.63. The molecule has 25 heavy (non-hydrogen) atoms. The summed E-state index contributed by atoms with van der Waals surface area (Å²) >= 11 is 5.97. The summed E-state index contributed by atoms with van der Waals surface area (Å²) in [5.41, 5.74) is 2.12. The number of methoxy groups -OCH3 is 1. The number of likely N-dealkylation sites (N-methyl/N-ethyl adjacent to an activating group) is 1. The molecule has 0 saturated heterocycles. The Balaban J connectivity index is 1.94. The third-order valence-electron chi connectivity index (χ3n) is 4.26. The lowest BCUT2D eigenvalue weighted by Crippen LogP contribution is -2.38. The number of hydrogen-bond donors (Lipinski definition) is 1. The van der Waals surface area contributed by atoms with Gasteiger partial charge in [-0.15, -0.1) is 0 Å². The number of amides is 1. The fourth-order valence-electron chi connectivity index (χ4n) is 2.72. The van der Waals surface area contributed by atoms with Crippen molar-refractivity contribution in [1.29, 1.82) is 0 Å². The lowest BCUT2D eigenvalue weighted by molar-refractivity contribution is -0.122. The normalized spacial score (nSPS) is 12.0. The minimum Gasteiger partial charge on any atom is -0.497 e. The fraction of sp³-hybridized carbons (Fsp3) is 0.350. The lowest BCUT2D eigenvalue weighted by atomic mass is 10.1. The Bertz CT molecular complexity index is 706. The number of carbonyl (C=O) groups excluding carboxylic acids is 1. The molecular weight excluding hydrogens is 336 g/mol. The molecule has 2 rings (SSSR count). The molecule has 1 N–H and O–H groups in total. The van der Waals surface area contributed by atoms with Gasteiger partial charge in [-0.2, -0.15) is 0 Å². The Hall–Kier alpha value is -2.04. The highest BCUT2D eigenvalue weighted by Gasteiger charge is 2.17. The Morgan fingerprint density at radius 1 is 1.24 bits per heavy atom. The topological polar surface area (TPSA) is 41.6 Å². The minimum atomic E-state index is -0.00317. The third-order valence-corrected chi connectivity index (χ3v) is 4.49. The minimum absolute atomic E-state index is 0.00317. The molecule has 1 atom stereocenters. The summed E-state index contributed by atoms with van der Waals surface area (Å²) < 4.78 is 5.29. The van der Waals surface area contributed by atoms with Crippen molar-refractivity contribution in [2.75, 3.05) is 20.2 Å². The van der Waals surface area contributed by atoms with Crippen LogP contribution in [0.5, 0.6) is 5.75 Å². The van der Waals surface area contributed by atoms with Gasteiger partial charge in [-0.1, -0.05) is 42.8 Å². The van der Waals surface area contributed by atoms with Gasteiger partial charge in [0.2, 0.25) is 5.91 Å². The molecule has 0 saturated carbocycles. The summed E-state index contributed by atoms with van der Waals surface area (Å²) in [6.07, 6.45) is 0. The lowest BCUT2D eigenvalue weighted by Gasteiger charge is -2.27. The first-order valence-electron chi connectivity index (χ1n) is 8.42. The van der Waals surface area contributed by atoms with Crippen LogP contribution in [0.1, 0.15) is 31.0 Å². The molecule has 1 unspecified atom stereocenters. The van der Waals surface area contributed by atoms with E-state index in [1.807, 2.05) is 42.5 Å². The quantitative estimate of drug-likeness (QED) is 0.772. The highest BCUT2D eigenvalue weighted by Crippen LogP contribution is 2.23. The van der Waals surface area contributed by atoms with E-state index < -0.39 is 0 Å². The summed E-state index contributed by atoms with van der Waals surface area (Å²) in [5.74, 6) is 0.822. The van der Waals surface area contributed by atoms with Crippen LogP contribution in [0.25, 0.3) is 0 Å². The first kappa shape index (κ1) is 19.3. The predicted octanol–water partition coefficient (Wildman–Crippen LogP) is 4.05. The molecular formula is C20H25ClN2O2. The zero-order valence-electron chi connectivity index (χ0n) is 15.0. The Kier molecular flexibility index (Phi) is 7.29. The fourth-order valence-corrected chi connectivity index (χ4v) is 2.94. The molecule has 2 aromatic rings. The van der Waals surface area contributed by atoms with Gasteiger partial charge in [0.1, 0.15) is 5.75 Å². The highest BCUT2D eigenvalue weighted by atomic mass is 35.5. The number of halogens is 1. The number of hydrogen-bond acceptors (Lipinski definition) is 3. The van der Waals surface area contributed by atoms with Crippen LogP contribution in [0.15, 0.2) is 48.5 Å². The molecule has 0 aliphatic rings. The van der Waals surface area contributed by atoms with E-state index in [9.17, 15) is 4.79 Å². The van der Waals surface area contributed by atoms with Gasteiger partial charge in [0.25, 0.3) is 0 Å². The molecule has 0 aliphatic heterocycles. The van der Waals surface area contributed by atoms with Crippen molar-refractivity contribution in [1.82, 2.24) is 10.2 Å². The second-order valence-electron chi connectivity index (χ2n) is 5.92. The van der Waals surface area contributed by atoms with Gasteiger partial charge < -0.3 is 10.1 Å². The molecule has 0 radical (unpaired) electrons. The zero-order chi connectivity index (χ0) is 18.2. The highest BCUT2D eigenvalue weighted by molar-refractivity contribution is 6.30. The second-order valence-corrected chi connectivity index (χ2v) is 6.36. The summed E-state index contributed by atoms with van der Waals surface area (Å²) in [6.45, 7) is 5.76. The molecule has 0 bridgehead atoms. The molecule has 5 heteroatoms.